The third kappa shape index (κ3) is 8.23. The van der Waals surface area contributed by atoms with Gasteiger partial charge >= 0.3 is 5.97 Å². The monoisotopic (exact) mass is 492 g/mol. The molecule has 3 aromatic carbocycles. The third-order valence-electron chi connectivity index (χ3n) is 5.41. The molecule has 0 unspecified atom stereocenters. The van der Waals surface area contributed by atoms with Crippen molar-refractivity contribution in [3.05, 3.63) is 101 Å². The highest BCUT2D eigenvalue weighted by Crippen LogP contribution is 2.17. The van der Waals surface area contributed by atoms with Crippen LogP contribution in [-0.2, 0) is 38.6 Å². The molecule has 2 N–H and O–H groups in total. The lowest BCUT2D eigenvalue weighted by Gasteiger charge is -2.22. The fourth-order valence-corrected chi connectivity index (χ4v) is 3.70. The first-order chi connectivity index (χ1) is 17.3. The van der Waals surface area contributed by atoms with Crippen LogP contribution >= 0.6 is 0 Å². The second kappa shape index (κ2) is 13.0. The largest absolute Gasteiger partial charge is 0.489 e. The highest BCUT2D eigenvalue weighted by Gasteiger charge is 2.27. The average molecular weight is 493 g/mol. The van der Waals surface area contributed by atoms with E-state index in [-0.39, 0.29) is 12.8 Å². The quantitative estimate of drug-likeness (QED) is 0.401. The minimum atomic E-state index is -1.00. The first-order valence-electron chi connectivity index (χ1n) is 11.5. The van der Waals surface area contributed by atoms with E-state index in [0.717, 1.165) is 11.1 Å². The molecule has 36 heavy (non-hydrogen) atoms. The van der Waals surface area contributed by atoms with E-state index in [2.05, 4.69) is 10.6 Å². The molecule has 0 saturated heterocycles. The standard InChI is InChI=1S/C28H29FN2O5/c1-19(32)30-25(16-21-10-6-12-23(29)14-21)27(33)31-26(28(34)35-2)17-22-11-7-13-24(15-22)36-18-20-8-4-3-5-9-20/h3-15,25-26H,16-18H2,1-2H3,(H,30,32)(H,31,33)/t25-,26+/m1/s1. The minimum Gasteiger partial charge on any atom is -0.489 e. The molecule has 0 fully saturated rings. The number of carbonyl (C=O) groups is 3. The molecule has 7 nitrogen and oxygen atoms in total. The third-order valence-corrected chi connectivity index (χ3v) is 5.41. The summed E-state index contributed by atoms with van der Waals surface area (Å²) < 4.78 is 24.4. The number of ether oxygens (including phenoxy) is 2. The Morgan fingerprint density at radius 1 is 0.806 bits per heavy atom. The van der Waals surface area contributed by atoms with Gasteiger partial charge in [0, 0.05) is 19.8 Å². The van der Waals surface area contributed by atoms with Crippen molar-refractivity contribution >= 4 is 17.8 Å². The van der Waals surface area contributed by atoms with Gasteiger partial charge in [-0.05, 0) is 41.0 Å². The average Bonchev–Trinajstić information content (AvgIpc) is 2.87. The number of rotatable bonds is 11. The Morgan fingerprint density at radius 3 is 2.11 bits per heavy atom. The maximum atomic E-state index is 13.6. The van der Waals surface area contributed by atoms with Gasteiger partial charge in [-0.15, -0.1) is 0 Å². The first-order valence-corrected chi connectivity index (χ1v) is 11.5. The molecule has 0 heterocycles. The van der Waals surface area contributed by atoms with Gasteiger partial charge in [0.2, 0.25) is 11.8 Å². The van der Waals surface area contributed by atoms with Crippen LogP contribution < -0.4 is 15.4 Å². The summed E-state index contributed by atoms with van der Waals surface area (Å²) in [6.07, 6.45) is 0.202. The van der Waals surface area contributed by atoms with Gasteiger partial charge in [-0.1, -0.05) is 54.6 Å². The number of methoxy groups -OCH3 is 1. The van der Waals surface area contributed by atoms with Gasteiger partial charge in [0.25, 0.3) is 0 Å². The van der Waals surface area contributed by atoms with Gasteiger partial charge in [-0.2, -0.15) is 0 Å². The summed E-state index contributed by atoms with van der Waals surface area (Å²) in [5, 5.41) is 5.24. The van der Waals surface area contributed by atoms with E-state index < -0.39 is 35.7 Å². The Bertz CT molecular complexity index is 1190. The van der Waals surface area contributed by atoms with E-state index >= 15 is 0 Å². The van der Waals surface area contributed by atoms with Crippen LogP contribution in [0.25, 0.3) is 0 Å². The lowest BCUT2D eigenvalue weighted by atomic mass is 10.0. The molecule has 3 rings (SSSR count). The van der Waals surface area contributed by atoms with Gasteiger partial charge in [-0.3, -0.25) is 9.59 Å². The number of hydrogen-bond donors (Lipinski definition) is 2. The fraction of sp³-hybridized carbons (Fsp3) is 0.250. The van der Waals surface area contributed by atoms with Crippen LogP contribution in [-0.4, -0.2) is 37.0 Å². The van der Waals surface area contributed by atoms with E-state index in [1.807, 2.05) is 42.5 Å². The van der Waals surface area contributed by atoms with Crippen LogP contribution in [0, 0.1) is 5.82 Å². The molecule has 8 heteroatoms. The molecule has 3 aromatic rings. The zero-order valence-electron chi connectivity index (χ0n) is 20.2. The number of nitrogens with one attached hydrogen (secondary N) is 2. The predicted molar refractivity (Wildman–Crippen MR) is 133 cm³/mol. The van der Waals surface area contributed by atoms with Crippen molar-refractivity contribution in [1.29, 1.82) is 0 Å². The summed E-state index contributed by atoms with van der Waals surface area (Å²) in [6.45, 7) is 1.67. The second-order valence-corrected chi connectivity index (χ2v) is 8.30. The zero-order valence-corrected chi connectivity index (χ0v) is 20.2. The summed E-state index contributed by atoms with van der Waals surface area (Å²) in [7, 11) is 1.24. The smallest absolute Gasteiger partial charge is 0.328 e. The summed E-state index contributed by atoms with van der Waals surface area (Å²) >= 11 is 0. The van der Waals surface area contributed by atoms with E-state index in [9.17, 15) is 18.8 Å². The van der Waals surface area contributed by atoms with Crippen LogP contribution in [0.2, 0.25) is 0 Å². The van der Waals surface area contributed by atoms with Crippen molar-refractivity contribution in [3.8, 4) is 5.75 Å². The molecule has 0 aliphatic rings. The van der Waals surface area contributed by atoms with Crippen LogP contribution in [0.15, 0.2) is 78.9 Å². The van der Waals surface area contributed by atoms with Gasteiger partial charge in [0.05, 0.1) is 7.11 Å². The van der Waals surface area contributed by atoms with E-state index in [1.165, 1.54) is 32.2 Å². The van der Waals surface area contributed by atoms with Crippen LogP contribution in [0.1, 0.15) is 23.6 Å². The molecule has 0 aliphatic heterocycles. The lowest BCUT2D eigenvalue weighted by Crippen LogP contribution is -2.53. The predicted octanol–water partition coefficient (Wildman–Crippen LogP) is 3.35. The Morgan fingerprint density at radius 2 is 1.44 bits per heavy atom. The molecule has 0 spiro atoms. The SMILES string of the molecule is COC(=O)[C@H](Cc1cccc(OCc2ccccc2)c1)NC(=O)[C@@H](Cc1cccc(F)c1)NC(C)=O. The van der Waals surface area contributed by atoms with Crippen molar-refractivity contribution in [2.75, 3.05) is 7.11 Å². The molecule has 0 bridgehead atoms. The molecule has 0 radical (unpaired) electrons. The van der Waals surface area contributed by atoms with E-state index in [1.54, 1.807) is 18.2 Å². The summed E-state index contributed by atoms with van der Waals surface area (Å²) in [4.78, 5) is 37.3. The Balaban J connectivity index is 1.70. The van der Waals surface area contributed by atoms with Crippen molar-refractivity contribution in [3.63, 3.8) is 0 Å². The molecular weight excluding hydrogens is 463 g/mol. The number of hydrogen-bond acceptors (Lipinski definition) is 5. The maximum Gasteiger partial charge on any atom is 0.328 e. The summed E-state index contributed by atoms with van der Waals surface area (Å²) in [6, 6.07) is 20.7. The molecule has 188 valence electrons. The van der Waals surface area contributed by atoms with E-state index in [4.69, 9.17) is 9.47 Å². The first kappa shape index (κ1) is 26.4. The van der Waals surface area contributed by atoms with Gasteiger partial charge in [0.1, 0.15) is 30.3 Å². The van der Waals surface area contributed by atoms with Crippen LogP contribution in [0.5, 0.6) is 5.75 Å². The molecule has 0 saturated carbocycles. The highest BCUT2D eigenvalue weighted by atomic mass is 19.1. The number of amides is 2. The van der Waals surface area contributed by atoms with Crippen molar-refractivity contribution < 1.29 is 28.2 Å². The van der Waals surface area contributed by atoms with Gasteiger partial charge in [0.15, 0.2) is 0 Å². The van der Waals surface area contributed by atoms with Gasteiger partial charge in [-0.25, -0.2) is 9.18 Å². The molecule has 2 atom stereocenters. The maximum absolute atomic E-state index is 13.6. The number of carbonyl (C=O) groups excluding carboxylic acids is 3. The summed E-state index contributed by atoms with van der Waals surface area (Å²) in [5.74, 6) is -1.47. The minimum absolute atomic E-state index is 0.0554. The lowest BCUT2D eigenvalue weighted by molar-refractivity contribution is -0.145. The number of esters is 1. The number of halogens is 1. The van der Waals surface area contributed by atoms with Crippen molar-refractivity contribution in [2.45, 2.75) is 38.5 Å². The van der Waals surface area contributed by atoms with Crippen LogP contribution in [0.4, 0.5) is 4.39 Å². The van der Waals surface area contributed by atoms with Crippen LogP contribution in [0.3, 0.4) is 0 Å². The number of benzene rings is 3. The fourth-order valence-electron chi connectivity index (χ4n) is 3.70. The zero-order chi connectivity index (χ0) is 25.9. The highest BCUT2D eigenvalue weighted by molar-refractivity contribution is 5.90. The molecular formula is C28H29FN2O5. The van der Waals surface area contributed by atoms with E-state index in [0.29, 0.717) is 17.9 Å². The topological polar surface area (TPSA) is 93.7 Å². The van der Waals surface area contributed by atoms with Crippen molar-refractivity contribution in [1.82, 2.24) is 10.6 Å². The van der Waals surface area contributed by atoms with Crippen molar-refractivity contribution in [2.24, 2.45) is 0 Å². The summed E-state index contributed by atoms with van der Waals surface area (Å²) in [5.41, 5.74) is 2.30. The molecule has 0 aliphatic carbocycles. The Hall–Kier alpha value is -4.20. The Kier molecular flexibility index (Phi) is 9.56. The molecule has 0 aromatic heterocycles. The van der Waals surface area contributed by atoms with Gasteiger partial charge < -0.3 is 20.1 Å². The molecule has 2 amide bonds. The Labute approximate surface area is 209 Å². The second-order valence-electron chi connectivity index (χ2n) is 8.30. The normalized spacial score (nSPS) is 12.2.